The van der Waals surface area contributed by atoms with E-state index < -0.39 is 8.41 Å². The fourth-order valence-corrected chi connectivity index (χ4v) is 3.38. The van der Waals surface area contributed by atoms with Crippen LogP contribution in [0.15, 0.2) is 0 Å². The van der Waals surface area contributed by atoms with Gasteiger partial charge in [-0.1, -0.05) is 41.5 Å². The van der Waals surface area contributed by atoms with Gasteiger partial charge in [0.1, 0.15) is 0 Å². The molecule has 0 atom stereocenters. The Kier molecular flexibility index (Phi) is 2.61. The highest BCUT2D eigenvalue weighted by atomic mass is 28.4. The summed E-state index contributed by atoms with van der Waals surface area (Å²) in [4.78, 5) is 0. The predicted octanol–water partition coefficient (Wildman–Crippen LogP) is 4.13. The Morgan fingerprint density at radius 3 is 1.00 bits per heavy atom. The van der Waals surface area contributed by atoms with Crippen LogP contribution in [0, 0.1) is 0 Å². The molecule has 0 aromatic carbocycles. The Morgan fingerprint density at radius 2 is 1.00 bits per heavy atom. The highest BCUT2D eigenvalue weighted by molar-refractivity contribution is 6.77. The summed E-state index contributed by atoms with van der Waals surface area (Å²) in [7, 11) is -2.61. The zero-order valence-corrected chi connectivity index (χ0v) is 9.88. The fourth-order valence-electron chi connectivity index (χ4n) is 1.12. The number of halogens is 1. The second kappa shape index (κ2) is 2.58. The van der Waals surface area contributed by atoms with Gasteiger partial charge in [0.2, 0.25) is 0 Å². The topological polar surface area (TPSA) is 0 Å². The Morgan fingerprint density at radius 1 is 0.818 bits per heavy atom. The van der Waals surface area contributed by atoms with Gasteiger partial charge in [-0.25, -0.2) is 0 Å². The van der Waals surface area contributed by atoms with Gasteiger partial charge in [-0.15, -0.1) is 0 Å². The van der Waals surface area contributed by atoms with Crippen LogP contribution < -0.4 is 0 Å². The molecular formula is C9H21FSi. The summed E-state index contributed by atoms with van der Waals surface area (Å²) >= 11 is 0. The van der Waals surface area contributed by atoms with E-state index in [2.05, 4.69) is 0 Å². The third-order valence-electron chi connectivity index (χ3n) is 2.82. The average molecular weight is 175 g/mol. The SMILES string of the molecule is CC(C)(C)[Si](C)([18F])C(C)(C)C. The van der Waals surface area contributed by atoms with Gasteiger partial charge in [-0.3, -0.25) is 0 Å². The van der Waals surface area contributed by atoms with Gasteiger partial charge in [-0.2, -0.15) is 0 Å². The van der Waals surface area contributed by atoms with Crippen molar-refractivity contribution in [1.82, 2.24) is 0 Å². The molecule has 2 heteroatoms. The van der Waals surface area contributed by atoms with Crippen molar-refractivity contribution in [2.45, 2.75) is 58.2 Å². The molecule has 0 bridgehead atoms. The summed E-state index contributed by atoms with van der Waals surface area (Å²) in [6.07, 6.45) is 0. The molecule has 0 saturated heterocycles. The van der Waals surface area contributed by atoms with Crippen molar-refractivity contribution in [3.8, 4) is 0 Å². The highest BCUT2D eigenvalue weighted by Gasteiger charge is 2.50. The van der Waals surface area contributed by atoms with Gasteiger partial charge in [0.15, 0.2) is 0 Å². The minimum atomic E-state index is -2.61. The van der Waals surface area contributed by atoms with Crippen LogP contribution in [0.4, 0.5) is 4.11 Å². The highest BCUT2D eigenvalue weighted by Crippen LogP contribution is 2.51. The molecule has 0 aliphatic carbocycles. The maximum absolute atomic E-state index is 14.2. The summed E-state index contributed by atoms with van der Waals surface area (Å²) in [6, 6.07) is 0. The van der Waals surface area contributed by atoms with E-state index in [0.29, 0.717) is 0 Å². The van der Waals surface area contributed by atoms with Crippen LogP contribution in [0.5, 0.6) is 0 Å². The van der Waals surface area contributed by atoms with Crippen LogP contribution in [0.2, 0.25) is 16.6 Å². The maximum Gasteiger partial charge on any atom is 0.254 e. The van der Waals surface area contributed by atoms with Crippen molar-refractivity contribution in [1.29, 1.82) is 0 Å². The Hall–Kier alpha value is 0.147. The molecule has 0 nitrogen and oxygen atoms in total. The lowest BCUT2D eigenvalue weighted by Crippen LogP contribution is -2.44. The van der Waals surface area contributed by atoms with Crippen molar-refractivity contribution in [2.24, 2.45) is 0 Å². The minimum Gasteiger partial charge on any atom is -0.313 e. The number of rotatable bonds is 0. The molecule has 0 radical (unpaired) electrons. The van der Waals surface area contributed by atoms with Crippen molar-refractivity contribution in [2.75, 3.05) is 0 Å². The van der Waals surface area contributed by atoms with Crippen LogP contribution >= 0.6 is 0 Å². The molecule has 0 aromatic rings. The molecule has 0 heterocycles. The second-order valence-electron chi connectivity index (χ2n) is 5.50. The molecule has 0 saturated carbocycles. The fraction of sp³-hybridized carbons (Fsp3) is 1.00. The summed E-state index contributed by atoms with van der Waals surface area (Å²) < 4.78 is 14.2. The third kappa shape index (κ3) is 2.05. The average Bonchev–Trinajstić information content (AvgIpc) is 1.58. The van der Waals surface area contributed by atoms with Crippen molar-refractivity contribution >= 4 is 8.41 Å². The van der Waals surface area contributed by atoms with E-state index in [9.17, 15) is 4.11 Å². The van der Waals surface area contributed by atoms with E-state index in [0.717, 1.165) is 0 Å². The van der Waals surface area contributed by atoms with E-state index in [1.165, 1.54) is 0 Å². The molecule has 0 unspecified atom stereocenters. The third-order valence-corrected chi connectivity index (χ3v) is 8.45. The molecule has 0 aliphatic heterocycles. The largest absolute Gasteiger partial charge is 0.313 e. The summed E-state index contributed by atoms with van der Waals surface area (Å²) in [6.45, 7) is 13.9. The summed E-state index contributed by atoms with van der Waals surface area (Å²) in [5.41, 5.74) is 0. The maximum atomic E-state index is 14.2. The quantitative estimate of drug-likeness (QED) is 0.383. The predicted molar refractivity (Wildman–Crippen MR) is 52.2 cm³/mol. The Bertz CT molecular complexity index is 121. The lowest BCUT2D eigenvalue weighted by atomic mass is 10.2. The smallest absolute Gasteiger partial charge is 0.254 e. The molecule has 11 heavy (non-hydrogen) atoms. The molecule has 0 rings (SSSR count). The van der Waals surface area contributed by atoms with Gasteiger partial charge < -0.3 is 4.11 Å². The number of hydrogen-bond acceptors (Lipinski definition) is 0. The van der Waals surface area contributed by atoms with Crippen LogP contribution in [0.25, 0.3) is 0 Å². The lowest BCUT2D eigenvalue weighted by Gasteiger charge is -2.41. The van der Waals surface area contributed by atoms with Gasteiger partial charge in [0, 0.05) is 0 Å². The summed E-state index contributed by atoms with van der Waals surface area (Å²) in [5.74, 6) is 0. The van der Waals surface area contributed by atoms with Crippen LogP contribution in [0.3, 0.4) is 0 Å². The van der Waals surface area contributed by atoms with Gasteiger partial charge in [0.05, 0.1) is 0 Å². The monoisotopic (exact) mass is 175 g/mol. The van der Waals surface area contributed by atoms with E-state index >= 15 is 0 Å². The molecule has 68 valence electrons. The standard InChI is InChI=1S/C9H21FSi/c1-8(2,3)11(7,10)9(4,5)6/h1-7H3/i10-1. The number of hydrogen-bond donors (Lipinski definition) is 0. The minimum absolute atomic E-state index is 0.148. The lowest BCUT2D eigenvalue weighted by molar-refractivity contribution is 0.525. The van der Waals surface area contributed by atoms with Gasteiger partial charge in [0.25, 0.3) is 8.41 Å². The first-order valence-electron chi connectivity index (χ1n) is 4.19. The molecule has 0 fully saturated rings. The van der Waals surface area contributed by atoms with Crippen LogP contribution in [0.1, 0.15) is 41.5 Å². The first-order chi connectivity index (χ1) is 4.50. The zero-order valence-electron chi connectivity index (χ0n) is 8.88. The van der Waals surface area contributed by atoms with E-state index in [1.54, 1.807) is 0 Å². The van der Waals surface area contributed by atoms with Crippen LogP contribution in [-0.2, 0) is 0 Å². The van der Waals surface area contributed by atoms with Gasteiger partial charge in [-0.05, 0) is 16.6 Å². The summed E-state index contributed by atoms with van der Waals surface area (Å²) in [5, 5.41) is -0.295. The second-order valence-corrected chi connectivity index (χ2v) is 10.5. The molecule has 0 spiro atoms. The van der Waals surface area contributed by atoms with Crippen molar-refractivity contribution < 1.29 is 4.11 Å². The zero-order chi connectivity index (χ0) is 9.50. The molecule has 0 N–H and O–H groups in total. The Balaban J connectivity index is 4.75. The first-order valence-corrected chi connectivity index (χ1v) is 6.57. The van der Waals surface area contributed by atoms with Crippen LogP contribution in [-0.4, -0.2) is 8.41 Å². The first kappa shape index (κ1) is 11.1. The van der Waals surface area contributed by atoms with E-state index in [-0.39, 0.29) is 10.1 Å². The Labute approximate surface area is 71.4 Å². The van der Waals surface area contributed by atoms with Crippen molar-refractivity contribution in [3.63, 3.8) is 0 Å². The molecule has 0 aliphatic rings. The molecule has 0 amide bonds. The van der Waals surface area contributed by atoms with E-state index in [4.69, 9.17) is 0 Å². The van der Waals surface area contributed by atoms with Crippen molar-refractivity contribution in [3.05, 3.63) is 0 Å². The molecule has 0 aromatic heterocycles. The van der Waals surface area contributed by atoms with E-state index in [1.807, 2.05) is 48.1 Å². The molecular weight excluding hydrogens is 154 g/mol. The normalized spacial score (nSPS) is 15.3. The van der Waals surface area contributed by atoms with Gasteiger partial charge >= 0.3 is 0 Å².